The molecule has 0 saturated carbocycles. The van der Waals surface area contributed by atoms with E-state index in [1.54, 1.807) is 25.9 Å². The maximum Gasteiger partial charge on any atom is 0.248 e. The van der Waals surface area contributed by atoms with Crippen LogP contribution in [0, 0.1) is 0 Å². The fraction of sp³-hybridized carbons (Fsp3) is 0.833. The summed E-state index contributed by atoms with van der Waals surface area (Å²) in [6.45, 7) is 7.70. The van der Waals surface area contributed by atoms with Crippen LogP contribution in [0.5, 0.6) is 0 Å². The van der Waals surface area contributed by atoms with E-state index in [1.165, 1.54) is 0 Å². The van der Waals surface area contributed by atoms with E-state index in [2.05, 4.69) is 5.32 Å². The third kappa shape index (κ3) is 2.60. The predicted octanol–water partition coefficient (Wildman–Crippen LogP) is 0.537. The average molecular weight is 242 g/mol. The first-order valence-electron chi connectivity index (χ1n) is 5.98. The van der Waals surface area contributed by atoms with Crippen LogP contribution >= 0.6 is 0 Å². The van der Waals surface area contributed by atoms with Crippen LogP contribution in [0.2, 0.25) is 0 Å². The van der Waals surface area contributed by atoms with Crippen molar-refractivity contribution in [3.05, 3.63) is 0 Å². The number of nitrogens with one attached hydrogen (secondary N) is 1. The molecule has 0 aliphatic carbocycles. The highest BCUT2D eigenvalue weighted by Crippen LogP contribution is 2.22. The lowest BCUT2D eigenvalue weighted by Gasteiger charge is -2.45. The second-order valence-corrected chi connectivity index (χ2v) is 5.06. The van der Waals surface area contributed by atoms with Crippen molar-refractivity contribution in [3.8, 4) is 0 Å². The topological polar surface area (TPSA) is 58.6 Å². The average Bonchev–Trinajstić information content (AvgIpc) is 2.22. The first kappa shape index (κ1) is 14.0. The molecule has 5 heteroatoms. The van der Waals surface area contributed by atoms with Gasteiger partial charge in [0.2, 0.25) is 11.8 Å². The molecular weight excluding hydrogens is 220 g/mol. The lowest BCUT2D eigenvalue weighted by molar-refractivity contribution is -0.157. The lowest BCUT2D eigenvalue weighted by atomic mass is 9.94. The van der Waals surface area contributed by atoms with Crippen molar-refractivity contribution in [3.63, 3.8) is 0 Å². The normalized spacial score (nSPS) is 25.7. The summed E-state index contributed by atoms with van der Waals surface area (Å²) in [7, 11) is 1.59. The Hall–Kier alpha value is -1.10. The van der Waals surface area contributed by atoms with Gasteiger partial charge in [0, 0.05) is 7.11 Å². The number of methoxy groups -OCH3 is 1. The number of carbonyl (C=O) groups is 2. The molecule has 1 N–H and O–H groups in total. The standard InChI is InChI=1S/C12H22N2O3/c1-6-9-10(15)13-12(3,4)11(16)14(9)8(2)7-17-5/h8-9H,6-7H2,1-5H3,(H,13,15). The van der Waals surface area contributed by atoms with Crippen LogP contribution in [0.3, 0.4) is 0 Å². The Morgan fingerprint density at radius 3 is 2.53 bits per heavy atom. The predicted molar refractivity (Wildman–Crippen MR) is 64.5 cm³/mol. The molecule has 0 radical (unpaired) electrons. The van der Waals surface area contributed by atoms with E-state index in [0.29, 0.717) is 13.0 Å². The molecule has 5 nitrogen and oxygen atoms in total. The van der Waals surface area contributed by atoms with E-state index in [4.69, 9.17) is 4.74 Å². The Labute approximate surface area is 102 Å². The van der Waals surface area contributed by atoms with Crippen LogP contribution in [0.15, 0.2) is 0 Å². The molecule has 2 unspecified atom stereocenters. The van der Waals surface area contributed by atoms with Gasteiger partial charge in [0.1, 0.15) is 11.6 Å². The second-order valence-electron chi connectivity index (χ2n) is 5.06. The summed E-state index contributed by atoms with van der Waals surface area (Å²) in [5.41, 5.74) is -0.829. The minimum atomic E-state index is -0.829. The summed E-state index contributed by atoms with van der Waals surface area (Å²) in [5.74, 6) is -0.131. The zero-order valence-corrected chi connectivity index (χ0v) is 11.2. The minimum absolute atomic E-state index is 0.0477. The number of nitrogens with zero attached hydrogens (tertiary/aromatic N) is 1. The molecule has 1 aliphatic rings. The fourth-order valence-electron chi connectivity index (χ4n) is 2.25. The van der Waals surface area contributed by atoms with Gasteiger partial charge < -0.3 is 15.0 Å². The van der Waals surface area contributed by atoms with Gasteiger partial charge in [-0.2, -0.15) is 0 Å². The zero-order chi connectivity index (χ0) is 13.2. The van der Waals surface area contributed by atoms with Crippen LogP contribution < -0.4 is 5.32 Å². The van der Waals surface area contributed by atoms with Gasteiger partial charge in [-0.1, -0.05) is 6.92 Å². The summed E-state index contributed by atoms with van der Waals surface area (Å²) >= 11 is 0. The van der Waals surface area contributed by atoms with E-state index in [1.807, 2.05) is 13.8 Å². The van der Waals surface area contributed by atoms with Gasteiger partial charge in [0.05, 0.1) is 12.6 Å². The largest absolute Gasteiger partial charge is 0.383 e. The third-order valence-electron chi connectivity index (χ3n) is 3.11. The highest BCUT2D eigenvalue weighted by molar-refractivity contribution is 5.99. The van der Waals surface area contributed by atoms with E-state index in [9.17, 15) is 9.59 Å². The first-order chi connectivity index (χ1) is 7.85. The van der Waals surface area contributed by atoms with Crippen molar-refractivity contribution in [1.82, 2.24) is 10.2 Å². The molecule has 1 saturated heterocycles. The zero-order valence-electron chi connectivity index (χ0n) is 11.2. The monoisotopic (exact) mass is 242 g/mol. The summed E-state index contributed by atoms with van der Waals surface area (Å²) in [6, 6.07) is -0.483. The number of rotatable bonds is 4. The molecule has 2 amide bonds. The smallest absolute Gasteiger partial charge is 0.248 e. The minimum Gasteiger partial charge on any atom is -0.383 e. The molecule has 1 rings (SSSR count). The summed E-state index contributed by atoms with van der Waals surface area (Å²) < 4.78 is 5.08. The Balaban J connectivity index is 3.01. The molecule has 0 aromatic rings. The Bertz CT molecular complexity index is 315. The van der Waals surface area contributed by atoms with E-state index < -0.39 is 5.54 Å². The van der Waals surface area contributed by atoms with Crippen LogP contribution in [0.25, 0.3) is 0 Å². The van der Waals surface area contributed by atoms with Crippen molar-refractivity contribution in [2.24, 2.45) is 0 Å². The number of piperazine rings is 1. The molecule has 0 spiro atoms. The van der Waals surface area contributed by atoms with Crippen LogP contribution in [-0.2, 0) is 14.3 Å². The molecule has 2 atom stereocenters. The lowest BCUT2D eigenvalue weighted by Crippen LogP contribution is -2.70. The summed E-state index contributed by atoms with van der Waals surface area (Å²) in [4.78, 5) is 25.9. The Kier molecular flexibility index (Phi) is 4.14. The van der Waals surface area contributed by atoms with E-state index in [-0.39, 0.29) is 23.9 Å². The molecule has 0 aromatic heterocycles. The van der Waals surface area contributed by atoms with Gasteiger partial charge >= 0.3 is 0 Å². The molecule has 0 aromatic carbocycles. The highest BCUT2D eigenvalue weighted by atomic mass is 16.5. The first-order valence-corrected chi connectivity index (χ1v) is 5.98. The van der Waals surface area contributed by atoms with Gasteiger partial charge in [0.15, 0.2) is 0 Å². The van der Waals surface area contributed by atoms with Gasteiger partial charge in [0.25, 0.3) is 0 Å². The molecule has 0 bridgehead atoms. The Morgan fingerprint density at radius 1 is 1.47 bits per heavy atom. The highest BCUT2D eigenvalue weighted by Gasteiger charge is 2.46. The van der Waals surface area contributed by atoms with Crippen molar-refractivity contribution in [2.45, 2.75) is 51.7 Å². The van der Waals surface area contributed by atoms with Crippen molar-refractivity contribution < 1.29 is 14.3 Å². The number of hydrogen-bond acceptors (Lipinski definition) is 3. The maximum atomic E-state index is 12.3. The van der Waals surface area contributed by atoms with E-state index in [0.717, 1.165) is 0 Å². The Morgan fingerprint density at radius 2 is 2.06 bits per heavy atom. The number of ether oxygens (including phenoxy) is 1. The van der Waals surface area contributed by atoms with Crippen LogP contribution in [0.1, 0.15) is 34.1 Å². The van der Waals surface area contributed by atoms with Crippen molar-refractivity contribution in [2.75, 3.05) is 13.7 Å². The molecular formula is C12H22N2O3. The quantitative estimate of drug-likeness (QED) is 0.782. The summed E-state index contributed by atoms with van der Waals surface area (Å²) in [5, 5.41) is 2.76. The molecule has 1 fully saturated rings. The number of amides is 2. The third-order valence-corrected chi connectivity index (χ3v) is 3.11. The maximum absolute atomic E-state index is 12.3. The fourth-order valence-corrected chi connectivity index (χ4v) is 2.25. The molecule has 1 aliphatic heterocycles. The van der Waals surface area contributed by atoms with Crippen LogP contribution in [-0.4, -0.2) is 48.1 Å². The molecule has 17 heavy (non-hydrogen) atoms. The van der Waals surface area contributed by atoms with Crippen molar-refractivity contribution in [1.29, 1.82) is 0 Å². The van der Waals surface area contributed by atoms with Gasteiger partial charge in [-0.3, -0.25) is 9.59 Å². The summed E-state index contributed by atoms with van der Waals surface area (Å²) in [6.07, 6.45) is 0.613. The SMILES string of the molecule is CCC1C(=O)NC(C)(C)C(=O)N1C(C)COC. The molecule has 1 heterocycles. The number of carbonyl (C=O) groups excluding carboxylic acids is 2. The van der Waals surface area contributed by atoms with Crippen LogP contribution in [0.4, 0.5) is 0 Å². The van der Waals surface area contributed by atoms with E-state index >= 15 is 0 Å². The second kappa shape index (κ2) is 5.04. The van der Waals surface area contributed by atoms with Crippen molar-refractivity contribution >= 4 is 11.8 Å². The van der Waals surface area contributed by atoms with Gasteiger partial charge in [-0.05, 0) is 27.2 Å². The van der Waals surface area contributed by atoms with Gasteiger partial charge in [-0.15, -0.1) is 0 Å². The van der Waals surface area contributed by atoms with Gasteiger partial charge in [-0.25, -0.2) is 0 Å². The number of hydrogen-bond donors (Lipinski definition) is 1. The molecule has 98 valence electrons.